The first-order valence-corrected chi connectivity index (χ1v) is 13.5. The monoisotopic (exact) mass is 585 g/mol. The van der Waals surface area contributed by atoms with E-state index < -0.39 is 29.5 Å². The van der Waals surface area contributed by atoms with Crippen molar-refractivity contribution in [2.45, 2.75) is 26.8 Å². The summed E-state index contributed by atoms with van der Waals surface area (Å²) in [5.74, 6) is -1.95. The number of anilines is 1. The third-order valence-electron chi connectivity index (χ3n) is 6.07. The maximum atomic E-state index is 13.9. The Balaban J connectivity index is 1.94. The van der Waals surface area contributed by atoms with Crippen LogP contribution < -0.4 is 19.1 Å². The van der Waals surface area contributed by atoms with E-state index in [1.165, 1.54) is 32.3 Å². The molecular formula is C27H27N3O8S2. The fraction of sp³-hybridized carbons (Fsp3) is 0.296. The Hall–Kier alpha value is -4.23. The van der Waals surface area contributed by atoms with E-state index in [9.17, 15) is 19.5 Å². The molecule has 11 nitrogen and oxygen atoms in total. The van der Waals surface area contributed by atoms with Crippen LogP contribution in [0.15, 0.2) is 36.1 Å². The number of carbonyl (C=O) groups is 3. The number of thiazole rings is 2. The highest BCUT2D eigenvalue weighted by Gasteiger charge is 2.47. The van der Waals surface area contributed by atoms with Crippen LogP contribution in [0.1, 0.15) is 47.3 Å². The smallest absolute Gasteiger partial charge is 0.350 e. The maximum Gasteiger partial charge on any atom is 0.350 e. The summed E-state index contributed by atoms with van der Waals surface area (Å²) in [5.41, 5.74) is 0.991. The Morgan fingerprint density at radius 1 is 1.02 bits per heavy atom. The number of aliphatic hydroxyl groups excluding tert-OH is 1. The van der Waals surface area contributed by atoms with E-state index in [2.05, 4.69) is 16.5 Å². The molecule has 3 aromatic rings. The van der Waals surface area contributed by atoms with Crippen LogP contribution in [0.3, 0.4) is 0 Å². The van der Waals surface area contributed by atoms with Gasteiger partial charge >= 0.3 is 5.97 Å². The summed E-state index contributed by atoms with van der Waals surface area (Å²) in [6.45, 7) is 8.58. The number of benzene rings is 1. The highest BCUT2D eigenvalue weighted by Crippen LogP contribution is 2.48. The number of ketones is 1. The number of aliphatic hydroxyl groups is 1. The first kappa shape index (κ1) is 28.8. The van der Waals surface area contributed by atoms with Gasteiger partial charge in [0.1, 0.15) is 11.5 Å². The molecule has 1 amide bonds. The van der Waals surface area contributed by atoms with E-state index in [0.717, 1.165) is 22.7 Å². The number of rotatable bonds is 10. The summed E-state index contributed by atoms with van der Waals surface area (Å²) in [5, 5.41) is 11.9. The molecule has 0 saturated carbocycles. The van der Waals surface area contributed by atoms with Crippen molar-refractivity contribution >= 4 is 45.5 Å². The van der Waals surface area contributed by atoms with Gasteiger partial charge in [-0.1, -0.05) is 24.0 Å². The van der Waals surface area contributed by atoms with Crippen molar-refractivity contribution in [3.05, 3.63) is 67.8 Å². The predicted molar refractivity (Wildman–Crippen MR) is 149 cm³/mol. The van der Waals surface area contributed by atoms with Crippen LogP contribution in [0.4, 0.5) is 5.13 Å². The Morgan fingerprint density at radius 3 is 2.17 bits per heavy atom. The largest absolute Gasteiger partial charge is 0.503 e. The van der Waals surface area contributed by atoms with E-state index in [1.54, 1.807) is 32.9 Å². The van der Waals surface area contributed by atoms with Crippen LogP contribution in [0.25, 0.3) is 0 Å². The Labute approximate surface area is 238 Å². The summed E-state index contributed by atoms with van der Waals surface area (Å²) in [7, 11) is 4.33. The molecule has 3 heterocycles. The fourth-order valence-corrected chi connectivity index (χ4v) is 6.21. The second-order valence-corrected chi connectivity index (χ2v) is 10.8. The normalized spacial score (nSPS) is 14.9. The van der Waals surface area contributed by atoms with Crippen molar-refractivity contribution in [3.8, 4) is 17.2 Å². The third-order valence-corrected chi connectivity index (χ3v) is 8.28. The zero-order chi connectivity index (χ0) is 29.3. The van der Waals surface area contributed by atoms with Crippen molar-refractivity contribution in [2.24, 2.45) is 0 Å². The van der Waals surface area contributed by atoms with Crippen LogP contribution in [-0.4, -0.2) is 60.7 Å². The van der Waals surface area contributed by atoms with E-state index in [-0.39, 0.29) is 38.6 Å². The average molecular weight is 586 g/mol. The number of hydrogen-bond acceptors (Lipinski definition) is 12. The SMILES string of the molecule is C=CCOC(=O)c1sc(N2C(=O)C(O)=C(C(=O)c3sc(C)nc3C)C2c2cc(OC)c(OC)c(OC)c2)nc1C. The predicted octanol–water partition coefficient (Wildman–Crippen LogP) is 4.68. The van der Waals surface area contributed by atoms with E-state index in [1.807, 2.05) is 0 Å². The van der Waals surface area contributed by atoms with Crippen molar-refractivity contribution < 1.29 is 38.4 Å². The zero-order valence-corrected chi connectivity index (χ0v) is 24.3. The topological polar surface area (TPSA) is 137 Å². The number of ether oxygens (including phenoxy) is 4. The van der Waals surface area contributed by atoms with Crippen LogP contribution >= 0.6 is 22.7 Å². The summed E-state index contributed by atoms with van der Waals surface area (Å²) in [4.78, 5) is 50.6. The molecule has 13 heteroatoms. The van der Waals surface area contributed by atoms with Gasteiger partial charge in [-0.05, 0) is 38.5 Å². The van der Waals surface area contributed by atoms with Crippen LogP contribution in [0.2, 0.25) is 0 Å². The van der Waals surface area contributed by atoms with Crippen LogP contribution in [0, 0.1) is 20.8 Å². The second kappa shape index (κ2) is 11.5. The van der Waals surface area contributed by atoms with Gasteiger partial charge in [0.2, 0.25) is 11.5 Å². The number of hydrogen-bond donors (Lipinski definition) is 1. The number of esters is 1. The van der Waals surface area contributed by atoms with Gasteiger partial charge in [0, 0.05) is 0 Å². The zero-order valence-electron chi connectivity index (χ0n) is 22.7. The Kier molecular flexibility index (Phi) is 8.26. The first-order chi connectivity index (χ1) is 19.1. The van der Waals surface area contributed by atoms with E-state index >= 15 is 0 Å². The van der Waals surface area contributed by atoms with Gasteiger partial charge in [0.15, 0.2) is 22.4 Å². The Bertz CT molecular complexity index is 1530. The number of carbonyl (C=O) groups excluding carboxylic acids is 3. The summed E-state index contributed by atoms with van der Waals surface area (Å²) in [6.07, 6.45) is 1.43. The number of amides is 1. The molecule has 0 spiro atoms. The number of aryl methyl sites for hydroxylation is 3. The maximum absolute atomic E-state index is 13.9. The molecule has 2 aromatic heterocycles. The molecule has 0 fully saturated rings. The van der Waals surface area contributed by atoms with Crippen molar-refractivity contribution in [1.29, 1.82) is 0 Å². The summed E-state index contributed by atoms with van der Waals surface area (Å²) >= 11 is 2.06. The van der Waals surface area contributed by atoms with Crippen LogP contribution in [0.5, 0.6) is 17.2 Å². The lowest BCUT2D eigenvalue weighted by atomic mass is 9.94. The lowest BCUT2D eigenvalue weighted by Crippen LogP contribution is -2.31. The van der Waals surface area contributed by atoms with Gasteiger partial charge in [-0.25, -0.2) is 14.8 Å². The van der Waals surface area contributed by atoms with Crippen molar-refractivity contribution in [2.75, 3.05) is 32.8 Å². The van der Waals surface area contributed by atoms with E-state index in [4.69, 9.17) is 18.9 Å². The van der Waals surface area contributed by atoms with Gasteiger partial charge in [-0.2, -0.15) is 0 Å². The average Bonchev–Trinajstić information content (AvgIpc) is 3.57. The van der Waals surface area contributed by atoms with Crippen molar-refractivity contribution in [1.82, 2.24) is 9.97 Å². The van der Waals surface area contributed by atoms with E-state index in [0.29, 0.717) is 27.7 Å². The molecule has 1 N–H and O–H groups in total. The summed E-state index contributed by atoms with van der Waals surface area (Å²) in [6, 6.07) is 2.02. The van der Waals surface area contributed by atoms with Gasteiger partial charge in [-0.3, -0.25) is 14.5 Å². The van der Waals surface area contributed by atoms with Gasteiger partial charge in [-0.15, -0.1) is 11.3 Å². The molecule has 1 aliphatic heterocycles. The molecule has 0 aliphatic carbocycles. The quantitative estimate of drug-likeness (QED) is 0.203. The highest BCUT2D eigenvalue weighted by molar-refractivity contribution is 7.17. The molecule has 1 unspecified atom stereocenters. The van der Waals surface area contributed by atoms with Gasteiger partial charge < -0.3 is 24.1 Å². The molecule has 4 rings (SSSR count). The van der Waals surface area contributed by atoms with Crippen molar-refractivity contribution in [3.63, 3.8) is 0 Å². The Morgan fingerprint density at radius 2 is 1.65 bits per heavy atom. The molecule has 1 atom stereocenters. The number of methoxy groups -OCH3 is 3. The number of nitrogens with zero attached hydrogens (tertiary/aromatic N) is 3. The second-order valence-electron chi connectivity index (χ2n) is 8.57. The molecule has 40 heavy (non-hydrogen) atoms. The minimum absolute atomic E-state index is 0.00315. The molecular weight excluding hydrogens is 558 g/mol. The third kappa shape index (κ3) is 4.93. The standard InChI is InChI=1S/C27H27N3O8S2/c1-8-9-38-26(34)24-13(3)29-27(40-24)30-19(15-10-16(35-5)22(37-7)17(11-15)36-6)18(21(32)25(30)33)20(31)23-12(2)28-14(4)39-23/h8,10-11,19,32H,1,9H2,2-7H3. The molecule has 1 aliphatic rings. The number of Topliss-reactive ketones (excluding diaryl/α,β-unsaturated/α-hetero) is 1. The lowest BCUT2D eigenvalue weighted by Gasteiger charge is -2.26. The highest BCUT2D eigenvalue weighted by atomic mass is 32.1. The number of aromatic nitrogens is 2. The van der Waals surface area contributed by atoms with Gasteiger partial charge in [0.25, 0.3) is 5.91 Å². The summed E-state index contributed by atoms with van der Waals surface area (Å²) < 4.78 is 21.6. The minimum Gasteiger partial charge on any atom is -0.503 e. The molecule has 0 radical (unpaired) electrons. The molecule has 0 saturated heterocycles. The molecule has 210 valence electrons. The molecule has 1 aromatic carbocycles. The minimum atomic E-state index is -1.15. The first-order valence-electron chi connectivity index (χ1n) is 11.9. The van der Waals surface area contributed by atoms with Crippen LogP contribution in [-0.2, 0) is 9.53 Å². The fourth-order valence-electron chi connectivity index (χ4n) is 4.35. The lowest BCUT2D eigenvalue weighted by molar-refractivity contribution is -0.117. The molecule has 0 bridgehead atoms. The van der Waals surface area contributed by atoms with Gasteiger partial charge in [0.05, 0.1) is 54.2 Å².